The highest BCUT2D eigenvalue weighted by molar-refractivity contribution is 6.30. The van der Waals surface area contributed by atoms with Gasteiger partial charge in [-0.05, 0) is 49.2 Å². The summed E-state index contributed by atoms with van der Waals surface area (Å²) in [7, 11) is 0. The molecule has 0 saturated carbocycles. The standard InChI is InChI=1S/C16H16ClFO2/c1-10(2)20-13-6-3-11(4-7-13)16(19)12-5-8-15(18)14(17)9-12/h3-10,16,19H,1-2H3. The van der Waals surface area contributed by atoms with Gasteiger partial charge in [0, 0.05) is 0 Å². The normalized spacial score (nSPS) is 12.5. The largest absolute Gasteiger partial charge is 0.491 e. The van der Waals surface area contributed by atoms with Crippen LogP contribution < -0.4 is 4.74 Å². The van der Waals surface area contributed by atoms with Gasteiger partial charge < -0.3 is 9.84 Å². The second-order valence-corrected chi connectivity index (χ2v) is 5.22. The number of aliphatic hydroxyl groups is 1. The average molecular weight is 295 g/mol. The number of rotatable bonds is 4. The van der Waals surface area contributed by atoms with Crippen LogP contribution in [0.2, 0.25) is 5.02 Å². The molecule has 4 heteroatoms. The van der Waals surface area contributed by atoms with E-state index in [1.54, 1.807) is 24.3 Å². The first kappa shape index (κ1) is 14.8. The van der Waals surface area contributed by atoms with Gasteiger partial charge in [0.1, 0.15) is 17.7 Å². The summed E-state index contributed by atoms with van der Waals surface area (Å²) >= 11 is 5.72. The average Bonchev–Trinajstić information content (AvgIpc) is 2.41. The molecular formula is C16H16ClFO2. The predicted molar refractivity (Wildman–Crippen MR) is 77.7 cm³/mol. The van der Waals surface area contributed by atoms with Crippen LogP contribution in [0.5, 0.6) is 5.75 Å². The zero-order valence-electron chi connectivity index (χ0n) is 11.3. The Kier molecular flexibility index (Phi) is 4.63. The van der Waals surface area contributed by atoms with Gasteiger partial charge in [0.2, 0.25) is 0 Å². The number of halogens is 2. The third kappa shape index (κ3) is 3.50. The molecule has 1 atom stereocenters. The lowest BCUT2D eigenvalue weighted by Gasteiger charge is -2.14. The Morgan fingerprint density at radius 2 is 1.65 bits per heavy atom. The molecule has 0 saturated heterocycles. The van der Waals surface area contributed by atoms with Crippen molar-refractivity contribution in [2.75, 3.05) is 0 Å². The molecular weight excluding hydrogens is 279 g/mol. The van der Waals surface area contributed by atoms with Crippen molar-refractivity contribution in [2.45, 2.75) is 26.1 Å². The van der Waals surface area contributed by atoms with Crippen molar-refractivity contribution in [3.63, 3.8) is 0 Å². The third-order valence-electron chi connectivity index (χ3n) is 2.83. The Balaban J connectivity index is 2.20. The first-order valence-corrected chi connectivity index (χ1v) is 6.75. The smallest absolute Gasteiger partial charge is 0.141 e. The minimum atomic E-state index is -0.846. The minimum Gasteiger partial charge on any atom is -0.491 e. The zero-order chi connectivity index (χ0) is 14.7. The van der Waals surface area contributed by atoms with E-state index in [0.717, 1.165) is 5.75 Å². The number of benzene rings is 2. The van der Waals surface area contributed by atoms with Crippen molar-refractivity contribution in [3.05, 3.63) is 64.4 Å². The molecule has 0 bridgehead atoms. The maximum absolute atomic E-state index is 13.1. The number of hydrogen-bond donors (Lipinski definition) is 1. The number of hydrogen-bond acceptors (Lipinski definition) is 2. The van der Waals surface area contributed by atoms with E-state index < -0.39 is 11.9 Å². The van der Waals surface area contributed by atoms with E-state index in [4.69, 9.17) is 16.3 Å². The summed E-state index contributed by atoms with van der Waals surface area (Å²) in [5.74, 6) is 0.247. The zero-order valence-corrected chi connectivity index (χ0v) is 12.1. The van der Waals surface area contributed by atoms with Crippen LogP contribution in [0.15, 0.2) is 42.5 Å². The summed E-state index contributed by atoms with van der Waals surface area (Å²) in [5.41, 5.74) is 1.25. The lowest BCUT2D eigenvalue weighted by molar-refractivity contribution is 0.219. The molecule has 0 radical (unpaired) electrons. The summed E-state index contributed by atoms with van der Waals surface area (Å²) in [4.78, 5) is 0. The summed E-state index contributed by atoms with van der Waals surface area (Å²) in [6, 6.07) is 11.3. The van der Waals surface area contributed by atoms with Gasteiger partial charge in [-0.3, -0.25) is 0 Å². The highest BCUT2D eigenvalue weighted by Gasteiger charge is 2.12. The molecule has 2 rings (SSSR count). The van der Waals surface area contributed by atoms with Crippen LogP contribution in [0.25, 0.3) is 0 Å². The SMILES string of the molecule is CC(C)Oc1ccc(C(O)c2ccc(F)c(Cl)c2)cc1. The van der Waals surface area contributed by atoms with E-state index >= 15 is 0 Å². The monoisotopic (exact) mass is 294 g/mol. The second kappa shape index (κ2) is 6.25. The molecule has 0 heterocycles. The van der Waals surface area contributed by atoms with Crippen LogP contribution >= 0.6 is 11.6 Å². The van der Waals surface area contributed by atoms with Crippen LogP contribution in [0.4, 0.5) is 4.39 Å². The minimum absolute atomic E-state index is 0.00121. The summed E-state index contributed by atoms with van der Waals surface area (Å²) in [6.45, 7) is 3.90. The van der Waals surface area contributed by atoms with Crippen molar-refractivity contribution in [1.29, 1.82) is 0 Å². The summed E-state index contributed by atoms with van der Waals surface area (Å²) in [6.07, 6.45) is -0.747. The van der Waals surface area contributed by atoms with Crippen molar-refractivity contribution in [3.8, 4) is 5.75 Å². The Bertz CT molecular complexity index is 582. The van der Waals surface area contributed by atoms with Gasteiger partial charge in [-0.15, -0.1) is 0 Å². The van der Waals surface area contributed by atoms with Gasteiger partial charge in [-0.2, -0.15) is 0 Å². The lowest BCUT2D eigenvalue weighted by Crippen LogP contribution is -2.06. The Morgan fingerprint density at radius 3 is 2.20 bits per heavy atom. The quantitative estimate of drug-likeness (QED) is 0.908. The molecule has 0 aliphatic rings. The Hall–Kier alpha value is -1.58. The van der Waals surface area contributed by atoms with Crippen molar-refractivity contribution in [2.24, 2.45) is 0 Å². The fourth-order valence-corrected chi connectivity index (χ4v) is 2.06. The topological polar surface area (TPSA) is 29.5 Å². The second-order valence-electron chi connectivity index (χ2n) is 4.81. The Morgan fingerprint density at radius 1 is 1.05 bits per heavy atom. The molecule has 0 aliphatic heterocycles. The lowest BCUT2D eigenvalue weighted by atomic mass is 10.0. The van der Waals surface area contributed by atoms with Crippen LogP contribution in [0.1, 0.15) is 31.1 Å². The molecule has 0 aromatic heterocycles. The maximum atomic E-state index is 13.1. The third-order valence-corrected chi connectivity index (χ3v) is 3.12. The maximum Gasteiger partial charge on any atom is 0.141 e. The highest BCUT2D eigenvalue weighted by Crippen LogP contribution is 2.27. The van der Waals surface area contributed by atoms with Crippen molar-refractivity contribution >= 4 is 11.6 Å². The summed E-state index contributed by atoms with van der Waals surface area (Å²) < 4.78 is 18.6. The number of aliphatic hydroxyl groups excluding tert-OH is 1. The molecule has 1 unspecified atom stereocenters. The van der Waals surface area contributed by atoms with Crippen LogP contribution in [-0.4, -0.2) is 11.2 Å². The van der Waals surface area contributed by atoms with E-state index in [1.165, 1.54) is 18.2 Å². The highest BCUT2D eigenvalue weighted by atomic mass is 35.5. The first-order valence-electron chi connectivity index (χ1n) is 6.37. The molecule has 2 nitrogen and oxygen atoms in total. The van der Waals surface area contributed by atoms with Gasteiger partial charge in [0.05, 0.1) is 11.1 Å². The molecule has 2 aromatic carbocycles. The van der Waals surface area contributed by atoms with E-state index in [0.29, 0.717) is 11.1 Å². The molecule has 106 valence electrons. The molecule has 0 aliphatic carbocycles. The molecule has 2 aromatic rings. The van der Waals surface area contributed by atoms with E-state index in [2.05, 4.69) is 0 Å². The molecule has 0 spiro atoms. The Labute approximate surface area is 122 Å². The first-order chi connectivity index (χ1) is 9.47. The van der Waals surface area contributed by atoms with Gasteiger partial charge in [-0.1, -0.05) is 29.8 Å². The van der Waals surface area contributed by atoms with Crippen molar-refractivity contribution in [1.82, 2.24) is 0 Å². The van der Waals surface area contributed by atoms with Crippen LogP contribution in [0.3, 0.4) is 0 Å². The van der Waals surface area contributed by atoms with Gasteiger partial charge in [0.25, 0.3) is 0 Å². The molecule has 20 heavy (non-hydrogen) atoms. The number of ether oxygens (including phenoxy) is 1. The van der Waals surface area contributed by atoms with Crippen LogP contribution in [0, 0.1) is 5.82 Å². The van der Waals surface area contributed by atoms with Gasteiger partial charge in [0.15, 0.2) is 0 Å². The summed E-state index contributed by atoms with van der Waals surface area (Å²) in [5, 5.41) is 10.3. The predicted octanol–water partition coefficient (Wildman–Crippen LogP) is 4.35. The molecule has 0 amide bonds. The molecule has 1 N–H and O–H groups in total. The van der Waals surface area contributed by atoms with E-state index in [-0.39, 0.29) is 11.1 Å². The fraction of sp³-hybridized carbons (Fsp3) is 0.250. The van der Waals surface area contributed by atoms with Crippen molar-refractivity contribution < 1.29 is 14.2 Å². The van der Waals surface area contributed by atoms with Gasteiger partial charge in [-0.25, -0.2) is 4.39 Å². The van der Waals surface area contributed by atoms with E-state index in [1.807, 2.05) is 13.8 Å². The van der Waals surface area contributed by atoms with Gasteiger partial charge >= 0.3 is 0 Å². The van der Waals surface area contributed by atoms with Crippen LogP contribution in [-0.2, 0) is 0 Å². The van der Waals surface area contributed by atoms with E-state index in [9.17, 15) is 9.50 Å². The molecule has 0 fully saturated rings. The fourth-order valence-electron chi connectivity index (χ4n) is 1.88.